The lowest BCUT2D eigenvalue weighted by molar-refractivity contribution is 0.523. The van der Waals surface area contributed by atoms with Crippen molar-refractivity contribution < 1.29 is 4.39 Å². The van der Waals surface area contributed by atoms with E-state index in [4.69, 9.17) is 5.84 Å². The molecule has 6 heteroatoms. The van der Waals surface area contributed by atoms with Crippen molar-refractivity contribution in [3.63, 3.8) is 0 Å². The van der Waals surface area contributed by atoms with Crippen LogP contribution in [0.3, 0.4) is 0 Å². The molecular weight excluding hydrogens is 323 g/mol. The van der Waals surface area contributed by atoms with Crippen LogP contribution in [0.5, 0.6) is 0 Å². The molecule has 0 bridgehead atoms. The summed E-state index contributed by atoms with van der Waals surface area (Å²) in [5, 5.41) is 4.41. The first kappa shape index (κ1) is 15.2. The molecule has 0 fully saturated rings. The van der Waals surface area contributed by atoms with Crippen molar-refractivity contribution in [1.82, 2.24) is 15.2 Å². The Kier molecular flexibility index (Phi) is 4.91. The molecule has 3 N–H and O–H groups in total. The predicted octanol–water partition coefficient (Wildman–Crippen LogP) is 2.63. The molecule has 0 saturated carbocycles. The average molecular weight is 341 g/mol. The monoisotopic (exact) mass is 340 g/mol. The van der Waals surface area contributed by atoms with Gasteiger partial charge in [-0.15, -0.1) is 0 Å². The Hall–Kier alpha value is -1.24. The molecule has 0 radical (unpaired) electrons. The summed E-state index contributed by atoms with van der Waals surface area (Å²) in [4.78, 5) is 0. The van der Waals surface area contributed by atoms with E-state index in [1.807, 2.05) is 11.7 Å². The molecule has 0 aliphatic rings. The van der Waals surface area contributed by atoms with Gasteiger partial charge in [0, 0.05) is 23.6 Å². The Balaban J connectivity index is 2.28. The number of rotatable bonds is 5. The molecule has 1 aromatic heterocycles. The molecule has 4 nitrogen and oxygen atoms in total. The minimum atomic E-state index is -0.275. The number of aromatic nitrogens is 2. The second-order valence-corrected chi connectivity index (χ2v) is 5.55. The zero-order valence-electron chi connectivity index (χ0n) is 11.5. The van der Waals surface area contributed by atoms with E-state index in [2.05, 4.69) is 39.4 Å². The summed E-state index contributed by atoms with van der Waals surface area (Å²) in [7, 11) is 1.91. The van der Waals surface area contributed by atoms with Crippen molar-refractivity contribution in [3.05, 3.63) is 51.5 Å². The summed E-state index contributed by atoms with van der Waals surface area (Å²) in [6, 6.07) is 6.47. The Labute approximate surface area is 126 Å². The molecular formula is C14H18BrFN4. The average Bonchev–Trinajstić information content (AvgIpc) is 2.79. The van der Waals surface area contributed by atoms with Gasteiger partial charge in [0.1, 0.15) is 5.82 Å². The van der Waals surface area contributed by atoms with E-state index in [9.17, 15) is 4.39 Å². The number of hydrogen-bond acceptors (Lipinski definition) is 3. The number of nitrogens with zero attached hydrogens (tertiary/aromatic N) is 2. The van der Waals surface area contributed by atoms with E-state index in [1.54, 1.807) is 6.07 Å². The number of hydrogen-bond donors (Lipinski definition) is 2. The Morgan fingerprint density at radius 3 is 2.80 bits per heavy atom. The Bertz CT molecular complexity index is 597. The van der Waals surface area contributed by atoms with Gasteiger partial charge in [0.2, 0.25) is 0 Å². The van der Waals surface area contributed by atoms with E-state index in [-0.39, 0.29) is 11.9 Å². The number of nitrogens with one attached hydrogen (secondary N) is 1. The molecule has 0 spiro atoms. The first-order valence-electron chi connectivity index (χ1n) is 6.48. The highest BCUT2D eigenvalue weighted by Gasteiger charge is 2.17. The summed E-state index contributed by atoms with van der Waals surface area (Å²) in [5.74, 6) is 5.36. The van der Waals surface area contributed by atoms with Crippen molar-refractivity contribution in [1.29, 1.82) is 0 Å². The van der Waals surface area contributed by atoms with Crippen LogP contribution in [0.1, 0.15) is 29.9 Å². The van der Waals surface area contributed by atoms with Gasteiger partial charge in [0.15, 0.2) is 0 Å². The summed E-state index contributed by atoms with van der Waals surface area (Å²) < 4.78 is 16.1. The van der Waals surface area contributed by atoms with Gasteiger partial charge < -0.3 is 0 Å². The number of halogens is 2. The van der Waals surface area contributed by atoms with Crippen LogP contribution in [0.15, 0.2) is 28.7 Å². The predicted molar refractivity (Wildman–Crippen MR) is 80.5 cm³/mol. The largest absolute Gasteiger partial charge is 0.272 e. The summed E-state index contributed by atoms with van der Waals surface area (Å²) in [5.41, 5.74) is 5.64. The van der Waals surface area contributed by atoms with Gasteiger partial charge in [-0.05, 0) is 36.2 Å². The van der Waals surface area contributed by atoms with Gasteiger partial charge in [0.05, 0.1) is 11.7 Å². The fourth-order valence-electron chi connectivity index (χ4n) is 2.18. The van der Waals surface area contributed by atoms with Crippen molar-refractivity contribution in [2.75, 3.05) is 0 Å². The zero-order valence-corrected chi connectivity index (χ0v) is 13.1. The van der Waals surface area contributed by atoms with Crippen LogP contribution in [0.2, 0.25) is 0 Å². The van der Waals surface area contributed by atoms with Crippen molar-refractivity contribution in [2.24, 2.45) is 12.9 Å². The molecule has 108 valence electrons. The fourth-order valence-corrected chi connectivity index (χ4v) is 2.71. The van der Waals surface area contributed by atoms with Gasteiger partial charge in [-0.1, -0.05) is 22.9 Å². The molecule has 0 aliphatic heterocycles. The topological polar surface area (TPSA) is 55.9 Å². The lowest BCUT2D eigenvalue weighted by Gasteiger charge is -2.18. The van der Waals surface area contributed by atoms with Crippen LogP contribution in [-0.4, -0.2) is 9.78 Å². The maximum Gasteiger partial charge on any atom is 0.123 e. The van der Waals surface area contributed by atoms with E-state index >= 15 is 0 Å². The zero-order chi connectivity index (χ0) is 14.7. The molecule has 1 heterocycles. The van der Waals surface area contributed by atoms with Crippen LogP contribution in [0, 0.1) is 5.82 Å². The first-order valence-corrected chi connectivity index (χ1v) is 7.27. The standard InChI is InChI=1S/C14H18BrFN4/c1-3-10-7-11(20(2)19-10)8-14(18-17)12-6-9(16)4-5-13(12)15/h4-7,14,18H,3,8,17H2,1-2H3. The van der Waals surface area contributed by atoms with E-state index < -0.39 is 0 Å². The van der Waals surface area contributed by atoms with Gasteiger partial charge in [-0.3, -0.25) is 16.0 Å². The van der Waals surface area contributed by atoms with Crippen molar-refractivity contribution >= 4 is 15.9 Å². The van der Waals surface area contributed by atoms with Crippen molar-refractivity contribution in [2.45, 2.75) is 25.8 Å². The van der Waals surface area contributed by atoms with Gasteiger partial charge in [0.25, 0.3) is 0 Å². The van der Waals surface area contributed by atoms with Crippen LogP contribution in [0.4, 0.5) is 4.39 Å². The molecule has 0 aliphatic carbocycles. The molecule has 20 heavy (non-hydrogen) atoms. The second-order valence-electron chi connectivity index (χ2n) is 4.69. The highest BCUT2D eigenvalue weighted by Crippen LogP contribution is 2.26. The second kappa shape index (κ2) is 6.47. The van der Waals surface area contributed by atoms with E-state index in [0.29, 0.717) is 6.42 Å². The number of aryl methyl sites for hydroxylation is 2. The molecule has 1 aromatic carbocycles. The highest BCUT2D eigenvalue weighted by molar-refractivity contribution is 9.10. The van der Waals surface area contributed by atoms with Crippen LogP contribution >= 0.6 is 15.9 Å². The Morgan fingerprint density at radius 2 is 2.20 bits per heavy atom. The SMILES string of the molecule is CCc1cc(CC(NN)c2cc(F)ccc2Br)n(C)n1. The molecule has 0 amide bonds. The van der Waals surface area contributed by atoms with Crippen LogP contribution in [-0.2, 0) is 19.9 Å². The maximum absolute atomic E-state index is 13.4. The molecule has 1 atom stereocenters. The molecule has 2 aromatic rings. The molecule has 2 rings (SSSR count). The summed E-state index contributed by atoms with van der Waals surface area (Å²) in [6.07, 6.45) is 1.53. The van der Waals surface area contributed by atoms with Gasteiger partial charge >= 0.3 is 0 Å². The minimum absolute atomic E-state index is 0.180. The molecule has 0 saturated heterocycles. The minimum Gasteiger partial charge on any atom is -0.272 e. The smallest absolute Gasteiger partial charge is 0.123 e. The van der Waals surface area contributed by atoms with Crippen LogP contribution in [0.25, 0.3) is 0 Å². The fraction of sp³-hybridized carbons (Fsp3) is 0.357. The third-order valence-electron chi connectivity index (χ3n) is 3.34. The van der Waals surface area contributed by atoms with Gasteiger partial charge in [-0.2, -0.15) is 5.10 Å². The number of hydrazine groups is 1. The quantitative estimate of drug-likeness (QED) is 0.649. The first-order chi connectivity index (χ1) is 9.55. The third-order valence-corrected chi connectivity index (χ3v) is 4.06. The number of nitrogens with two attached hydrogens (primary N) is 1. The maximum atomic E-state index is 13.4. The third kappa shape index (κ3) is 3.26. The van der Waals surface area contributed by atoms with E-state index in [0.717, 1.165) is 27.8 Å². The number of benzene rings is 1. The lowest BCUT2D eigenvalue weighted by Crippen LogP contribution is -2.30. The van der Waals surface area contributed by atoms with Gasteiger partial charge in [-0.25, -0.2) is 4.39 Å². The van der Waals surface area contributed by atoms with Crippen molar-refractivity contribution in [3.8, 4) is 0 Å². The summed E-state index contributed by atoms with van der Waals surface area (Å²) >= 11 is 3.44. The van der Waals surface area contributed by atoms with E-state index in [1.165, 1.54) is 12.1 Å². The van der Waals surface area contributed by atoms with Crippen LogP contribution < -0.4 is 11.3 Å². The highest BCUT2D eigenvalue weighted by atomic mass is 79.9. The summed E-state index contributed by atoms with van der Waals surface area (Å²) in [6.45, 7) is 2.06. The molecule has 1 unspecified atom stereocenters. The lowest BCUT2D eigenvalue weighted by atomic mass is 10.0. The Morgan fingerprint density at radius 1 is 1.45 bits per heavy atom. The normalized spacial score (nSPS) is 12.7.